The first-order valence-electron chi connectivity index (χ1n) is 5.44. The summed E-state index contributed by atoms with van der Waals surface area (Å²) in [6, 6.07) is 7.10. The maximum absolute atomic E-state index is 12.0. The van der Waals surface area contributed by atoms with Gasteiger partial charge in [0.25, 0.3) is 0 Å². The fraction of sp³-hybridized carbons (Fsp3) is 0.231. The topological polar surface area (TPSA) is 29.5 Å². The minimum absolute atomic E-state index is 0.300. The van der Waals surface area contributed by atoms with Gasteiger partial charge < -0.3 is 9.84 Å². The highest BCUT2D eigenvalue weighted by Gasteiger charge is 2.31. The molecule has 0 saturated heterocycles. The van der Waals surface area contributed by atoms with Crippen molar-refractivity contribution in [3.05, 3.63) is 51.7 Å². The van der Waals surface area contributed by atoms with Crippen LogP contribution in [0.3, 0.4) is 0 Å². The molecule has 1 aromatic heterocycles. The van der Waals surface area contributed by atoms with Crippen LogP contribution >= 0.6 is 11.3 Å². The van der Waals surface area contributed by atoms with E-state index in [2.05, 4.69) is 4.74 Å². The van der Waals surface area contributed by atoms with Gasteiger partial charge in [0.2, 0.25) is 0 Å². The predicted octanol–water partition coefficient (Wildman–Crippen LogP) is 4.04. The van der Waals surface area contributed by atoms with E-state index in [1.807, 2.05) is 18.4 Å². The highest BCUT2D eigenvalue weighted by atomic mass is 32.1. The summed E-state index contributed by atoms with van der Waals surface area (Å²) >= 11 is 1.41. The molecule has 0 aliphatic carbocycles. The number of rotatable bonds is 3. The first-order chi connectivity index (χ1) is 8.87. The Morgan fingerprint density at radius 3 is 2.26 bits per heavy atom. The van der Waals surface area contributed by atoms with Crippen LogP contribution in [0.2, 0.25) is 0 Å². The number of thiophene rings is 1. The Kier molecular flexibility index (Phi) is 3.82. The van der Waals surface area contributed by atoms with Gasteiger partial charge in [-0.05, 0) is 41.6 Å². The van der Waals surface area contributed by atoms with Crippen molar-refractivity contribution in [3.63, 3.8) is 0 Å². The fourth-order valence-electron chi connectivity index (χ4n) is 1.67. The second kappa shape index (κ2) is 5.22. The van der Waals surface area contributed by atoms with E-state index in [0.29, 0.717) is 5.56 Å². The minimum atomic E-state index is -4.70. The molecule has 1 heterocycles. The summed E-state index contributed by atoms with van der Waals surface area (Å²) in [7, 11) is 0. The molecule has 0 bridgehead atoms. The molecule has 1 atom stereocenters. The zero-order valence-corrected chi connectivity index (χ0v) is 10.8. The Morgan fingerprint density at radius 1 is 1.16 bits per heavy atom. The maximum atomic E-state index is 12.0. The Hall–Kier alpha value is -1.53. The summed E-state index contributed by atoms with van der Waals surface area (Å²) < 4.78 is 39.8. The van der Waals surface area contributed by atoms with Crippen LogP contribution in [-0.2, 0) is 0 Å². The third-order valence-electron chi connectivity index (χ3n) is 2.58. The van der Waals surface area contributed by atoms with Crippen LogP contribution in [0.5, 0.6) is 5.75 Å². The normalized spacial score (nSPS) is 13.3. The van der Waals surface area contributed by atoms with Crippen LogP contribution in [-0.4, -0.2) is 11.5 Å². The second-order valence-electron chi connectivity index (χ2n) is 3.99. The molecular weight excluding hydrogens is 277 g/mol. The van der Waals surface area contributed by atoms with Crippen molar-refractivity contribution in [1.29, 1.82) is 0 Å². The second-order valence-corrected chi connectivity index (χ2v) is 4.93. The van der Waals surface area contributed by atoms with Gasteiger partial charge in [-0.3, -0.25) is 0 Å². The summed E-state index contributed by atoms with van der Waals surface area (Å²) in [6.45, 7) is 1.87. The van der Waals surface area contributed by atoms with Crippen molar-refractivity contribution in [2.75, 3.05) is 0 Å². The number of benzene rings is 1. The third kappa shape index (κ3) is 3.48. The van der Waals surface area contributed by atoms with Gasteiger partial charge in [-0.2, -0.15) is 0 Å². The van der Waals surface area contributed by atoms with Gasteiger partial charge in [0, 0.05) is 4.88 Å². The summed E-state index contributed by atoms with van der Waals surface area (Å²) in [5.41, 5.74) is 1.48. The van der Waals surface area contributed by atoms with Crippen LogP contribution in [0.15, 0.2) is 35.7 Å². The molecule has 1 N–H and O–H groups in total. The molecule has 6 heteroatoms. The van der Waals surface area contributed by atoms with Crippen molar-refractivity contribution >= 4 is 11.3 Å². The molecule has 19 heavy (non-hydrogen) atoms. The van der Waals surface area contributed by atoms with Gasteiger partial charge in [-0.1, -0.05) is 12.1 Å². The first-order valence-corrected chi connectivity index (χ1v) is 6.32. The van der Waals surface area contributed by atoms with E-state index in [1.54, 1.807) is 0 Å². The summed E-state index contributed by atoms with van der Waals surface area (Å²) in [4.78, 5) is 0.782. The molecule has 0 spiro atoms. The van der Waals surface area contributed by atoms with E-state index >= 15 is 0 Å². The van der Waals surface area contributed by atoms with Crippen LogP contribution < -0.4 is 4.74 Å². The minimum Gasteiger partial charge on any atom is -0.406 e. The molecule has 1 aromatic carbocycles. The van der Waals surface area contributed by atoms with Crippen LogP contribution in [0.1, 0.15) is 22.1 Å². The first kappa shape index (κ1) is 13.9. The lowest BCUT2D eigenvalue weighted by Crippen LogP contribution is -2.17. The largest absolute Gasteiger partial charge is 0.573 e. The number of aliphatic hydroxyl groups is 1. The van der Waals surface area contributed by atoms with E-state index < -0.39 is 12.5 Å². The molecule has 0 amide bonds. The van der Waals surface area contributed by atoms with Crippen molar-refractivity contribution in [2.24, 2.45) is 0 Å². The van der Waals surface area contributed by atoms with Gasteiger partial charge in [-0.25, -0.2) is 0 Å². The highest BCUT2D eigenvalue weighted by Crippen LogP contribution is 2.31. The molecule has 0 aliphatic rings. The van der Waals surface area contributed by atoms with Crippen molar-refractivity contribution in [3.8, 4) is 5.75 Å². The summed E-state index contributed by atoms with van der Waals surface area (Å²) in [6.07, 6.45) is -5.54. The van der Waals surface area contributed by atoms with Gasteiger partial charge in [-0.15, -0.1) is 24.5 Å². The van der Waals surface area contributed by atoms with Crippen molar-refractivity contribution in [2.45, 2.75) is 19.4 Å². The Morgan fingerprint density at radius 2 is 1.79 bits per heavy atom. The maximum Gasteiger partial charge on any atom is 0.573 e. The number of halogens is 3. The standard InChI is InChI=1S/C13H11F3O2S/c1-8-6-7-19-12(8)11(17)9-2-4-10(5-3-9)18-13(14,15)16/h2-7,11,17H,1H3. The summed E-state index contributed by atoms with van der Waals surface area (Å²) in [5, 5.41) is 12.0. The monoisotopic (exact) mass is 288 g/mol. The zero-order valence-electron chi connectivity index (χ0n) is 9.94. The van der Waals surface area contributed by atoms with E-state index in [9.17, 15) is 18.3 Å². The Balaban J connectivity index is 2.17. The third-order valence-corrected chi connectivity index (χ3v) is 3.65. The number of ether oxygens (including phenoxy) is 1. The van der Waals surface area contributed by atoms with Crippen molar-refractivity contribution < 1.29 is 23.0 Å². The molecule has 102 valence electrons. The predicted molar refractivity (Wildman–Crippen MR) is 66.2 cm³/mol. The molecule has 2 nitrogen and oxygen atoms in total. The SMILES string of the molecule is Cc1ccsc1C(O)c1ccc(OC(F)(F)F)cc1. The number of hydrogen-bond acceptors (Lipinski definition) is 3. The lowest BCUT2D eigenvalue weighted by atomic mass is 10.1. The van der Waals surface area contributed by atoms with Gasteiger partial charge in [0.1, 0.15) is 11.9 Å². The van der Waals surface area contributed by atoms with E-state index in [-0.39, 0.29) is 5.75 Å². The van der Waals surface area contributed by atoms with Crippen LogP contribution in [0.4, 0.5) is 13.2 Å². The van der Waals surface area contributed by atoms with Crippen LogP contribution in [0, 0.1) is 6.92 Å². The van der Waals surface area contributed by atoms with Gasteiger partial charge in [0.05, 0.1) is 0 Å². The number of hydrogen-bond donors (Lipinski definition) is 1. The van der Waals surface area contributed by atoms with E-state index in [0.717, 1.165) is 10.4 Å². The van der Waals surface area contributed by atoms with E-state index in [1.165, 1.54) is 35.6 Å². The average Bonchev–Trinajstić information content (AvgIpc) is 2.73. The molecule has 0 radical (unpaired) electrons. The molecule has 1 unspecified atom stereocenters. The fourth-order valence-corrected chi connectivity index (χ4v) is 2.61. The van der Waals surface area contributed by atoms with Gasteiger partial charge >= 0.3 is 6.36 Å². The molecule has 0 fully saturated rings. The molecule has 2 rings (SSSR count). The Bertz CT molecular complexity index is 546. The van der Waals surface area contributed by atoms with Gasteiger partial charge in [0.15, 0.2) is 0 Å². The summed E-state index contributed by atoms with van der Waals surface area (Å²) in [5.74, 6) is -0.300. The van der Waals surface area contributed by atoms with E-state index in [4.69, 9.17) is 0 Å². The number of alkyl halides is 3. The van der Waals surface area contributed by atoms with Crippen LogP contribution in [0.25, 0.3) is 0 Å². The average molecular weight is 288 g/mol. The lowest BCUT2D eigenvalue weighted by Gasteiger charge is -2.12. The molecule has 0 saturated carbocycles. The number of aryl methyl sites for hydroxylation is 1. The van der Waals surface area contributed by atoms with Crippen molar-refractivity contribution in [1.82, 2.24) is 0 Å². The highest BCUT2D eigenvalue weighted by molar-refractivity contribution is 7.10. The molecule has 2 aromatic rings. The Labute approximate surface area is 112 Å². The number of aliphatic hydroxyl groups excluding tert-OH is 1. The zero-order chi connectivity index (χ0) is 14.0. The molecular formula is C13H11F3O2S. The smallest absolute Gasteiger partial charge is 0.406 e. The quantitative estimate of drug-likeness (QED) is 0.923. The lowest BCUT2D eigenvalue weighted by molar-refractivity contribution is -0.274. The molecule has 0 aliphatic heterocycles.